The molecule has 2 aliphatic rings. The van der Waals surface area contributed by atoms with Gasteiger partial charge >= 0.3 is 0 Å². The second-order valence-electron chi connectivity index (χ2n) is 4.64. The molecule has 2 heterocycles. The van der Waals surface area contributed by atoms with Crippen molar-refractivity contribution in [2.75, 3.05) is 32.8 Å². The molecule has 2 unspecified atom stereocenters. The lowest BCUT2D eigenvalue weighted by Crippen LogP contribution is -2.46. The van der Waals surface area contributed by atoms with E-state index in [2.05, 4.69) is 4.90 Å². The van der Waals surface area contributed by atoms with Crippen LogP contribution in [0.4, 0.5) is 0 Å². The molecule has 0 aromatic rings. The van der Waals surface area contributed by atoms with Crippen LogP contribution in [0.5, 0.6) is 0 Å². The van der Waals surface area contributed by atoms with Crippen LogP contribution in [-0.4, -0.2) is 54.5 Å². The van der Waals surface area contributed by atoms with Gasteiger partial charge in [-0.2, -0.15) is 0 Å². The second-order valence-corrected chi connectivity index (χ2v) is 4.64. The number of hydrogen-bond donors (Lipinski definition) is 2. The molecule has 2 saturated heterocycles. The summed E-state index contributed by atoms with van der Waals surface area (Å²) in [5, 5.41) is 9.12. The van der Waals surface area contributed by atoms with Crippen molar-refractivity contribution in [3.63, 3.8) is 0 Å². The number of aliphatic hydroxyl groups is 1. The van der Waals surface area contributed by atoms with Gasteiger partial charge in [0, 0.05) is 26.2 Å². The quantitative estimate of drug-likeness (QED) is 0.648. The summed E-state index contributed by atoms with van der Waals surface area (Å²) in [5.41, 5.74) is 5.63. The van der Waals surface area contributed by atoms with E-state index in [1.165, 1.54) is 12.8 Å². The second kappa shape index (κ2) is 4.14. The van der Waals surface area contributed by atoms with Crippen LogP contribution in [0.1, 0.15) is 19.3 Å². The van der Waals surface area contributed by atoms with Crippen molar-refractivity contribution in [1.29, 1.82) is 0 Å². The monoisotopic (exact) mass is 200 g/mol. The first kappa shape index (κ1) is 10.4. The number of ether oxygens (including phenoxy) is 1. The molecule has 0 aliphatic carbocycles. The standard InChI is InChI=1S/C10H20N2O2/c11-10(8-13)3-4-12(7-10)6-9-2-1-5-14-9/h9,13H,1-8,11H2. The van der Waals surface area contributed by atoms with Gasteiger partial charge in [0.1, 0.15) is 0 Å². The van der Waals surface area contributed by atoms with Gasteiger partial charge in [0.25, 0.3) is 0 Å². The molecule has 2 fully saturated rings. The van der Waals surface area contributed by atoms with Crippen LogP contribution in [0.15, 0.2) is 0 Å². The van der Waals surface area contributed by atoms with Crippen molar-refractivity contribution in [3.05, 3.63) is 0 Å². The molecule has 0 aromatic heterocycles. The van der Waals surface area contributed by atoms with Crippen LogP contribution < -0.4 is 5.73 Å². The Labute approximate surface area is 85.0 Å². The van der Waals surface area contributed by atoms with Gasteiger partial charge < -0.3 is 15.6 Å². The largest absolute Gasteiger partial charge is 0.394 e. The van der Waals surface area contributed by atoms with Gasteiger partial charge in [0.2, 0.25) is 0 Å². The lowest BCUT2D eigenvalue weighted by Gasteiger charge is -2.23. The zero-order valence-corrected chi connectivity index (χ0v) is 8.61. The van der Waals surface area contributed by atoms with Crippen molar-refractivity contribution < 1.29 is 9.84 Å². The van der Waals surface area contributed by atoms with E-state index >= 15 is 0 Å². The Bertz CT molecular complexity index is 195. The van der Waals surface area contributed by atoms with Crippen molar-refractivity contribution in [2.24, 2.45) is 5.73 Å². The van der Waals surface area contributed by atoms with E-state index in [1.54, 1.807) is 0 Å². The van der Waals surface area contributed by atoms with E-state index in [0.29, 0.717) is 6.10 Å². The number of nitrogens with two attached hydrogens (primary N) is 1. The SMILES string of the molecule is NC1(CO)CCN(CC2CCCO2)C1. The van der Waals surface area contributed by atoms with Crippen molar-refractivity contribution >= 4 is 0 Å². The molecule has 0 spiro atoms. The van der Waals surface area contributed by atoms with E-state index < -0.39 is 0 Å². The van der Waals surface area contributed by atoms with Crippen LogP contribution in [0.2, 0.25) is 0 Å². The van der Waals surface area contributed by atoms with E-state index in [9.17, 15) is 0 Å². The highest BCUT2D eigenvalue weighted by molar-refractivity contribution is 4.94. The maximum atomic E-state index is 9.12. The first-order valence-electron chi connectivity index (χ1n) is 5.46. The molecule has 2 rings (SSSR count). The average molecular weight is 200 g/mol. The maximum Gasteiger partial charge on any atom is 0.0702 e. The van der Waals surface area contributed by atoms with Crippen molar-refractivity contribution in [1.82, 2.24) is 4.90 Å². The fourth-order valence-electron chi connectivity index (χ4n) is 2.35. The molecular weight excluding hydrogens is 180 g/mol. The van der Waals surface area contributed by atoms with Gasteiger partial charge in [-0.3, -0.25) is 4.90 Å². The predicted octanol–water partition coefficient (Wildman–Crippen LogP) is -0.439. The Kier molecular flexibility index (Phi) is 3.07. The van der Waals surface area contributed by atoms with Gasteiger partial charge in [-0.15, -0.1) is 0 Å². The molecule has 2 atom stereocenters. The lowest BCUT2D eigenvalue weighted by molar-refractivity contribution is 0.0771. The Morgan fingerprint density at radius 1 is 1.57 bits per heavy atom. The zero-order chi connectivity index (χ0) is 10.0. The van der Waals surface area contributed by atoms with Crippen molar-refractivity contribution in [2.45, 2.75) is 30.9 Å². The van der Waals surface area contributed by atoms with Gasteiger partial charge in [-0.1, -0.05) is 0 Å². The number of rotatable bonds is 3. The molecule has 4 heteroatoms. The minimum absolute atomic E-state index is 0.0923. The summed E-state index contributed by atoms with van der Waals surface area (Å²) in [6, 6.07) is 0. The van der Waals surface area contributed by atoms with Gasteiger partial charge in [-0.25, -0.2) is 0 Å². The number of likely N-dealkylation sites (tertiary alicyclic amines) is 1. The molecule has 4 nitrogen and oxygen atoms in total. The van der Waals surface area contributed by atoms with Crippen LogP contribution in [-0.2, 0) is 4.74 Å². The summed E-state index contributed by atoms with van der Waals surface area (Å²) >= 11 is 0. The normalized spacial score (nSPS) is 39.4. The smallest absolute Gasteiger partial charge is 0.0702 e. The first-order chi connectivity index (χ1) is 6.72. The molecule has 0 radical (unpaired) electrons. The predicted molar refractivity (Wildman–Crippen MR) is 54.0 cm³/mol. The van der Waals surface area contributed by atoms with Crippen LogP contribution in [0, 0.1) is 0 Å². The van der Waals surface area contributed by atoms with E-state index in [1.807, 2.05) is 0 Å². The van der Waals surface area contributed by atoms with E-state index in [-0.39, 0.29) is 12.1 Å². The fourth-order valence-corrected chi connectivity index (χ4v) is 2.35. The van der Waals surface area contributed by atoms with Gasteiger partial charge in [0.05, 0.1) is 18.2 Å². The summed E-state index contributed by atoms with van der Waals surface area (Å²) in [6.45, 7) is 3.79. The highest BCUT2D eigenvalue weighted by Crippen LogP contribution is 2.21. The molecule has 0 amide bonds. The van der Waals surface area contributed by atoms with Crippen LogP contribution in [0.3, 0.4) is 0 Å². The third-order valence-corrected chi connectivity index (χ3v) is 3.27. The lowest BCUT2D eigenvalue weighted by atomic mass is 10.0. The summed E-state index contributed by atoms with van der Waals surface area (Å²) < 4.78 is 5.57. The fraction of sp³-hybridized carbons (Fsp3) is 1.00. The molecule has 14 heavy (non-hydrogen) atoms. The third-order valence-electron chi connectivity index (χ3n) is 3.27. The van der Waals surface area contributed by atoms with Crippen LogP contribution >= 0.6 is 0 Å². The highest BCUT2D eigenvalue weighted by Gasteiger charge is 2.34. The van der Waals surface area contributed by atoms with Crippen molar-refractivity contribution in [3.8, 4) is 0 Å². The molecule has 0 saturated carbocycles. The summed E-state index contributed by atoms with van der Waals surface area (Å²) in [6.07, 6.45) is 3.66. The van der Waals surface area contributed by atoms with Crippen LogP contribution in [0.25, 0.3) is 0 Å². The number of hydrogen-bond acceptors (Lipinski definition) is 4. The summed E-state index contributed by atoms with van der Waals surface area (Å²) in [5.74, 6) is 0. The topological polar surface area (TPSA) is 58.7 Å². The minimum atomic E-state index is -0.362. The maximum absolute atomic E-state index is 9.12. The minimum Gasteiger partial charge on any atom is -0.394 e. The third kappa shape index (κ3) is 2.25. The highest BCUT2D eigenvalue weighted by atomic mass is 16.5. The summed E-state index contributed by atoms with van der Waals surface area (Å²) in [4.78, 5) is 2.31. The Morgan fingerprint density at radius 2 is 2.43 bits per heavy atom. The Hall–Kier alpha value is -0.160. The molecule has 3 N–H and O–H groups in total. The van der Waals surface area contributed by atoms with Gasteiger partial charge in [-0.05, 0) is 19.3 Å². The zero-order valence-electron chi connectivity index (χ0n) is 8.61. The Balaban J connectivity index is 1.78. The van der Waals surface area contributed by atoms with E-state index in [0.717, 1.165) is 32.7 Å². The molecule has 0 bridgehead atoms. The van der Waals surface area contributed by atoms with Gasteiger partial charge in [0.15, 0.2) is 0 Å². The Morgan fingerprint density at radius 3 is 3.00 bits per heavy atom. The summed E-state index contributed by atoms with van der Waals surface area (Å²) in [7, 11) is 0. The number of nitrogens with zero attached hydrogens (tertiary/aromatic N) is 1. The molecule has 82 valence electrons. The average Bonchev–Trinajstić information content (AvgIpc) is 2.78. The molecule has 2 aliphatic heterocycles. The molecule has 0 aromatic carbocycles. The van der Waals surface area contributed by atoms with E-state index in [4.69, 9.17) is 15.6 Å². The molecular formula is C10H20N2O2. The number of aliphatic hydroxyl groups excluding tert-OH is 1. The first-order valence-corrected chi connectivity index (χ1v) is 5.46.